The lowest BCUT2D eigenvalue weighted by molar-refractivity contribution is -0.116. The molecule has 0 spiro atoms. The van der Waals surface area contributed by atoms with Crippen molar-refractivity contribution >= 4 is 34.8 Å². The first kappa shape index (κ1) is 22.6. The summed E-state index contributed by atoms with van der Waals surface area (Å²) >= 11 is 5.35. The number of nitrogens with zero attached hydrogens (tertiary/aromatic N) is 3. The number of benzene rings is 3. The summed E-state index contributed by atoms with van der Waals surface area (Å²) in [5.74, 6) is -0.473. The van der Waals surface area contributed by atoms with Crippen LogP contribution in [0.3, 0.4) is 0 Å². The SMILES string of the molecule is Cc1cccc(-c2n[nH]c(=S)n2CCC(=O)Nc2ccc3nc(-c4cc(F)ccc4F)[nH]c3c2)c1. The Kier molecular flexibility index (Phi) is 5.96. The molecule has 0 aliphatic carbocycles. The molecule has 2 heterocycles. The Morgan fingerprint density at radius 1 is 1.11 bits per heavy atom. The molecule has 7 nitrogen and oxygen atoms in total. The minimum absolute atomic E-state index is 0.0352. The lowest BCUT2D eigenvalue weighted by atomic mass is 10.1. The normalized spacial score (nSPS) is 11.2. The third kappa shape index (κ3) is 4.73. The molecular weight excluding hydrogens is 470 g/mol. The largest absolute Gasteiger partial charge is 0.338 e. The van der Waals surface area contributed by atoms with Crippen molar-refractivity contribution < 1.29 is 13.6 Å². The van der Waals surface area contributed by atoms with E-state index in [2.05, 4.69) is 25.5 Å². The Labute approximate surface area is 203 Å². The first-order valence-electron chi connectivity index (χ1n) is 10.8. The molecule has 0 saturated heterocycles. The van der Waals surface area contributed by atoms with Crippen molar-refractivity contribution in [1.82, 2.24) is 24.7 Å². The number of carbonyl (C=O) groups is 1. The van der Waals surface area contributed by atoms with Crippen LogP contribution in [0.25, 0.3) is 33.8 Å². The average molecular weight is 491 g/mol. The summed E-state index contributed by atoms with van der Waals surface area (Å²) in [6, 6.07) is 16.2. The highest BCUT2D eigenvalue weighted by Crippen LogP contribution is 2.26. The molecule has 0 aliphatic heterocycles. The average Bonchev–Trinajstić information content (AvgIpc) is 3.42. The molecule has 0 radical (unpaired) electrons. The Morgan fingerprint density at radius 3 is 2.80 bits per heavy atom. The smallest absolute Gasteiger partial charge is 0.226 e. The van der Waals surface area contributed by atoms with Crippen LogP contribution in [-0.2, 0) is 11.3 Å². The maximum absolute atomic E-state index is 14.1. The van der Waals surface area contributed by atoms with Gasteiger partial charge in [0.25, 0.3) is 0 Å². The Hall–Kier alpha value is -4.18. The van der Waals surface area contributed by atoms with Gasteiger partial charge in [-0.1, -0.05) is 23.8 Å². The van der Waals surface area contributed by atoms with Crippen molar-refractivity contribution in [2.75, 3.05) is 5.32 Å². The molecule has 0 atom stereocenters. The van der Waals surface area contributed by atoms with Crippen LogP contribution in [0.4, 0.5) is 14.5 Å². The predicted octanol–water partition coefficient (Wildman–Crippen LogP) is 5.77. The standard InChI is InChI=1S/C25H20F2N6OS/c1-14-3-2-4-15(11-14)24-31-32-25(35)33(24)10-9-22(34)28-17-6-8-20-21(13-17)30-23(29-20)18-12-16(26)5-7-19(18)27/h2-8,11-13H,9-10H2,1H3,(H,28,34)(H,29,30)(H,32,35). The lowest BCUT2D eigenvalue weighted by Crippen LogP contribution is -2.15. The van der Waals surface area contributed by atoms with Gasteiger partial charge in [0.15, 0.2) is 10.6 Å². The van der Waals surface area contributed by atoms with Gasteiger partial charge in [-0.2, -0.15) is 5.10 Å². The minimum atomic E-state index is -0.582. The summed E-state index contributed by atoms with van der Waals surface area (Å²) in [5.41, 5.74) is 3.74. The zero-order chi connectivity index (χ0) is 24.5. The number of anilines is 1. The Morgan fingerprint density at radius 2 is 1.97 bits per heavy atom. The van der Waals surface area contributed by atoms with Gasteiger partial charge in [-0.05, 0) is 61.6 Å². The summed E-state index contributed by atoms with van der Waals surface area (Å²) in [5, 5.41) is 9.96. The van der Waals surface area contributed by atoms with Crippen molar-refractivity contribution in [2.24, 2.45) is 0 Å². The van der Waals surface area contributed by atoms with Gasteiger partial charge in [0, 0.05) is 24.2 Å². The van der Waals surface area contributed by atoms with Crippen LogP contribution >= 0.6 is 12.2 Å². The summed E-state index contributed by atoms with van der Waals surface area (Å²) in [4.78, 5) is 20.0. The molecule has 176 valence electrons. The Balaban J connectivity index is 1.31. The highest BCUT2D eigenvalue weighted by Gasteiger charge is 2.14. The van der Waals surface area contributed by atoms with Gasteiger partial charge >= 0.3 is 0 Å². The number of aryl methyl sites for hydroxylation is 1. The van der Waals surface area contributed by atoms with Gasteiger partial charge in [0.1, 0.15) is 17.5 Å². The molecule has 0 bridgehead atoms. The number of aromatic nitrogens is 5. The number of amides is 1. The van der Waals surface area contributed by atoms with E-state index in [-0.39, 0.29) is 23.7 Å². The van der Waals surface area contributed by atoms with Crippen LogP contribution in [-0.4, -0.2) is 30.6 Å². The van der Waals surface area contributed by atoms with Gasteiger partial charge in [-0.15, -0.1) is 0 Å². The first-order valence-corrected chi connectivity index (χ1v) is 11.3. The minimum Gasteiger partial charge on any atom is -0.338 e. The number of hydrogen-bond acceptors (Lipinski definition) is 4. The topological polar surface area (TPSA) is 91.4 Å². The fraction of sp³-hybridized carbons (Fsp3) is 0.120. The zero-order valence-electron chi connectivity index (χ0n) is 18.6. The van der Waals surface area contributed by atoms with Crippen molar-refractivity contribution in [3.8, 4) is 22.8 Å². The quantitative estimate of drug-likeness (QED) is 0.264. The van der Waals surface area contributed by atoms with E-state index in [1.165, 1.54) is 0 Å². The van der Waals surface area contributed by atoms with E-state index in [4.69, 9.17) is 12.2 Å². The second-order valence-electron chi connectivity index (χ2n) is 8.11. The molecule has 0 saturated carbocycles. The molecule has 35 heavy (non-hydrogen) atoms. The van der Waals surface area contributed by atoms with E-state index in [1.54, 1.807) is 22.8 Å². The second kappa shape index (κ2) is 9.22. The Bertz CT molecular complexity index is 1620. The van der Waals surface area contributed by atoms with Crippen LogP contribution in [0.1, 0.15) is 12.0 Å². The number of aromatic amines is 2. The van der Waals surface area contributed by atoms with Crippen LogP contribution in [0.5, 0.6) is 0 Å². The van der Waals surface area contributed by atoms with Gasteiger partial charge < -0.3 is 10.3 Å². The maximum atomic E-state index is 14.1. The van der Waals surface area contributed by atoms with Gasteiger partial charge in [0.05, 0.1) is 16.6 Å². The van der Waals surface area contributed by atoms with E-state index in [9.17, 15) is 13.6 Å². The number of halogens is 2. The number of imidazole rings is 1. The van der Waals surface area contributed by atoms with Gasteiger partial charge in [-0.25, -0.2) is 13.8 Å². The fourth-order valence-electron chi connectivity index (χ4n) is 3.86. The van der Waals surface area contributed by atoms with E-state index in [0.717, 1.165) is 29.3 Å². The third-order valence-corrected chi connectivity index (χ3v) is 5.86. The summed E-state index contributed by atoms with van der Waals surface area (Å²) in [6.45, 7) is 2.34. The third-order valence-electron chi connectivity index (χ3n) is 5.55. The fourth-order valence-corrected chi connectivity index (χ4v) is 4.08. The lowest BCUT2D eigenvalue weighted by Gasteiger charge is -2.08. The molecule has 5 rings (SSSR count). The molecule has 3 N–H and O–H groups in total. The summed E-state index contributed by atoms with van der Waals surface area (Å²) in [6.07, 6.45) is 0.174. The molecule has 0 aliphatic rings. The van der Waals surface area contributed by atoms with Gasteiger partial charge in [0.2, 0.25) is 5.91 Å². The molecule has 2 aromatic heterocycles. The number of nitrogens with one attached hydrogen (secondary N) is 3. The molecule has 10 heteroatoms. The molecule has 0 unspecified atom stereocenters. The van der Waals surface area contributed by atoms with E-state index in [1.807, 2.05) is 31.2 Å². The van der Waals surface area contributed by atoms with Crippen LogP contribution in [0.2, 0.25) is 0 Å². The van der Waals surface area contributed by atoms with Gasteiger partial charge in [-0.3, -0.25) is 14.5 Å². The van der Waals surface area contributed by atoms with Crippen molar-refractivity contribution in [3.63, 3.8) is 0 Å². The van der Waals surface area contributed by atoms with E-state index in [0.29, 0.717) is 33.9 Å². The molecule has 0 fully saturated rings. The monoisotopic (exact) mass is 490 g/mol. The molecule has 5 aromatic rings. The number of H-pyrrole nitrogens is 2. The summed E-state index contributed by atoms with van der Waals surface area (Å²) in [7, 11) is 0. The van der Waals surface area contributed by atoms with Crippen molar-refractivity contribution in [1.29, 1.82) is 0 Å². The highest BCUT2D eigenvalue weighted by atomic mass is 32.1. The number of hydrogen-bond donors (Lipinski definition) is 3. The maximum Gasteiger partial charge on any atom is 0.226 e. The first-order chi connectivity index (χ1) is 16.9. The van der Waals surface area contributed by atoms with Crippen LogP contribution in [0.15, 0.2) is 60.7 Å². The molecule has 3 aromatic carbocycles. The van der Waals surface area contributed by atoms with Crippen LogP contribution in [0, 0.1) is 23.3 Å². The number of fused-ring (bicyclic) bond motifs is 1. The molecule has 1 amide bonds. The summed E-state index contributed by atoms with van der Waals surface area (Å²) < 4.78 is 29.9. The zero-order valence-corrected chi connectivity index (χ0v) is 19.4. The highest BCUT2D eigenvalue weighted by molar-refractivity contribution is 7.71. The predicted molar refractivity (Wildman–Crippen MR) is 132 cm³/mol. The van der Waals surface area contributed by atoms with Crippen molar-refractivity contribution in [3.05, 3.63) is 82.6 Å². The van der Waals surface area contributed by atoms with E-state index < -0.39 is 11.6 Å². The van der Waals surface area contributed by atoms with Crippen LogP contribution < -0.4 is 5.32 Å². The van der Waals surface area contributed by atoms with Crippen molar-refractivity contribution in [2.45, 2.75) is 19.9 Å². The second-order valence-corrected chi connectivity index (χ2v) is 8.50. The molecular formula is C25H20F2N6OS. The number of carbonyl (C=O) groups excluding carboxylic acids is 1. The van der Waals surface area contributed by atoms with E-state index >= 15 is 0 Å². The number of rotatable bonds is 6.